The molecule has 0 amide bonds. The lowest BCUT2D eigenvalue weighted by Crippen LogP contribution is -2.22. The van der Waals surface area contributed by atoms with Gasteiger partial charge >= 0.3 is 11.9 Å². The van der Waals surface area contributed by atoms with Crippen LogP contribution in [0.5, 0.6) is 0 Å². The fraction of sp³-hybridized carbons (Fsp3) is 0.407. The topological polar surface area (TPSA) is 68.5 Å². The number of hydrogen-bond acceptors (Lipinski definition) is 3. The third-order valence-corrected chi connectivity index (χ3v) is 8.12. The molecular formula is C27H26FNO4. The molecule has 2 aromatic carbocycles. The smallest absolute Gasteiger partial charge is 0.337 e. The molecule has 33 heavy (non-hydrogen) atoms. The number of esters is 1. The molecule has 2 saturated carbocycles. The molecule has 2 fully saturated rings. The number of benzene rings is 2. The Hall–Kier alpha value is -3.15. The summed E-state index contributed by atoms with van der Waals surface area (Å²) in [5.41, 5.74) is 4.29. The molecule has 3 aliphatic rings. The highest BCUT2D eigenvalue weighted by molar-refractivity contribution is 5.99. The third kappa shape index (κ3) is 2.89. The van der Waals surface area contributed by atoms with Gasteiger partial charge in [-0.15, -0.1) is 0 Å². The van der Waals surface area contributed by atoms with Gasteiger partial charge in [0.15, 0.2) is 0 Å². The van der Waals surface area contributed by atoms with Crippen LogP contribution in [0.1, 0.15) is 71.8 Å². The van der Waals surface area contributed by atoms with Crippen LogP contribution in [0.15, 0.2) is 36.4 Å². The Morgan fingerprint density at radius 2 is 1.91 bits per heavy atom. The number of carboxylic acid groups (broad SMARTS) is 1. The van der Waals surface area contributed by atoms with E-state index in [4.69, 9.17) is 4.74 Å². The first-order valence-corrected chi connectivity index (χ1v) is 11.7. The van der Waals surface area contributed by atoms with Crippen LogP contribution in [0.3, 0.4) is 0 Å². The van der Waals surface area contributed by atoms with Crippen LogP contribution in [0, 0.1) is 11.2 Å². The van der Waals surface area contributed by atoms with Gasteiger partial charge in [0.2, 0.25) is 0 Å². The zero-order chi connectivity index (χ0) is 22.9. The first kappa shape index (κ1) is 20.5. The van der Waals surface area contributed by atoms with E-state index in [1.807, 2.05) is 18.2 Å². The zero-order valence-corrected chi connectivity index (χ0v) is 18.6. The number of methoxy groups -OCH3 is 1. The quantitative estimate of drug-likeness (QED) is 0.511. The Balaban J connectivity index is 1.69. The lowest BCUT2D eigenvalue weighted by atomic mass is 9.81. The molecule has 0 saturated heterocycles. The molecule has 170 valence electrons. The number of carbonyl (C=O) groups is 2. The van der Waals surface area contributed by atoms with Gasteiger partial charge in [0.05, 0.1) is 23.8 Å². The molecule has 1 aliphatic heterocycles. The van der Waals surface area contributed by atoms with Gasteiger partial charge in [0.25, 0.3) is 0 Å². The summed E-state index contributed by atoms with van der Waals surface area (Å²) in [7, 11) is 1.36. The fourth-order valence-electron chi connectivity index (χ4n) is 6.39. The Morgan fingerprint density at radius 3 is 2.64 bits per heavy atom. The van der Waals surface area contributed by atoms with Crippen molar-refractivity contribution in [3.63, 3.8) is 0 Å². The van der Waals surface area contributed by atoms with Crippen molar-refractivity contribution in [3.8, 4) is 11.3 Å². The number of ether oxygens (including phenoxy) is 1. The number of aromatic nitrogens is 1. The van der Waals surface area contributed by atoms with Gasteiger partial charge in [0, 0.05) is 28.9 Å². The molecule has 2 atom stereocenters. The van der Waals surface area contributed by atoms with Gasteiger partial charge in [-0.1, -0.05) is 25.3 Å². The van der Waals surface area contributed by atoms with Crippen LogP contribution in [0.2, 0.25) is 0 Å². The highest BCUT2D eigenvalue weighted by Crippen LogP contribution is 2.65. The lowest BCUT2D eigenvalue weighted by Gasteiger charge is -2.24. The van der Waals surface area contributed by atoms with Crippen LogP contribution >= 0.6 is 0 Å². The number of fused-ring (bicyclic) bond motifs is 7. The van der Waals surface area contributed by atoms with Gasteiger partial charge in [-0.3, -0.25) is 4.79 Å². The number of carbonyl (C=O) groups excluding carboxylic acids is 1. The highest BCUT2D eigenvalue weighted by atomic mass is 19.1. The van der Waals surface area contributed by atoms with Crippen molar-refractivity contribution in [2.75, 3.05) is 7.11 Å². The average Bonchev–Trinajstić information content (AvgIpc) is 3.50. The van der Waals surface area contributed by atoms with Gasteiger partial charge < -0.3 is 14.4 Å². The number of rotatable bonds is 3. The standard InChI is InChI=1S/C27H26FNO4/c1-33-25(30)16-7-9-19-22(11-16)29-14-27(26(31)32)13-21(27)20-12-17(28)8-10-18(20)24(29)23(19)15-5-3-2-4-6-15/h7-12,15,21H,2-6,13-14H2,1H3,(H,31,32)/t21?,27-/m0/s1. The van der Waals surface area contributed by atoms with Crippen molar-refractivity contribution in [3.05, 3.63) is 58.9 Å². The molecule has 1 unspecified atom stereocenters. The molecule has 1 aromatic heterocycles. The molecule has 5 nitrogen and oxygen atoms in total. The molecule has 1 N–H and O–H groups in total. The van der Waals surface area contributed by atoms with E-state index in [-0.39, 0.29) is 11.7 Å². The maximum Gasteiger partial charge on any atom is 0.337 e. The molecular weight excluding hydrogens is 421 g/mol. The van der Waals surface area contributed by atoms with Gasteiger partial charge in [0.1, 0.15) is 5.82 Å². The maximum absolute atomic E-state index is 14.4. The van der Waals surface area contributed by atoms with E-state index in [9.17, 15) is 19.1 Å². The second-order valence-electron chi connectivity index (χ2n) is 9.86. The van der Waals surface area contributed by atoms with Crippen LogP contribution in [-0.2, 0) is 16.1 Å². The summed E-state index contributed by atoms with van der Waals surface area (Å²) in [6.45, 7) is 0.312. The predicted octanol–water partition coefficient (Wildman–Crippen LogP) is 5.85. The van der Waals surface area contributed by atoms with Crippen molar-refractivity contribution >= 4 is 22.8 Å². The summed E-state index contributed by atoms with van der Waals surface area (Å²) in [6, 6.07) is 10.4. The van der Waals surface area contributed by atoms with E-state index in [0.717, 1.165) is 53.4 Å². The fourth-order valence-corrected chi connectivity index (χ4v) is 6.39. The Labute approximate surface area is 191 Å². The molecule has 2 heterocycles. The van der Waals surface area contributed by atoms with Crippen molar-refractivity contribution in [2.24, 2.45) is 5.41 Å². The van der Waals surface area contributed by atoms with Gasteiger partial charge in [-0.25, -0.2) is 9.18 Å². The monoisotopic (exact) mass is 447 g/mol. The average molecular weight is 448 g/mol. The minimum Gasteiger partial charge on any atom is -0.481 e. The second-order valence-corrected chi connectivity index (χ2v) is 9.86. The van der Waals surface area contributed by atoms with Crippen LogP contribution in [-0.4, -0.2) is 28.7 Å². The van der Waals surface area contributed by atoms with E-state index < -0.39 is 17.4 Å². The maximum atomic E-state index is 14.4. The third-order valence-electron chi connectivity index (χ3n) is 8.12. The molecule has 0 bridgehead atoms. The number of aliphatic carboxylic acids is 1. The first-order chi connectivity index (χ1) is 15.9. The zero-order valence-electron chi connectivity index (χ0n) is 18.6. The summed E-state index contributed by atoms with van der Waals surface area (Å²) in [4.78, 5) is 24.8. The van der Waals surface area contributed by atoms with Crippen molar-refractivity contribution in [1.29, 1.82) is 0 Å². The van der Waals surface area contributed by atoms with Crippen molar-refractivity contribution in [1.82, 2.24) is 4.57 Å². The Kier molecular flexibility index (Phi) is 4.45. The van der Waals surface area contributed by atoms with E-state index in [2.05, 4.69) is 4.57 Å². The highest BCUT2D eigenvalue weighted by Gasteiger charge is 2.63. The Morgan fingerprint density at radius 1 is 1.12 bits per heavy atom. The Bertz CT molecular complexity index is 1320. The second kappa shape index (κ2) is 7.17. The summed E-state index contributed by atoms with van der Waals surface area (Å²) in [5.74, 6) is -1.45. The van der Waals surface area contributed by atoms with Gasteiger partial charge in [-0.05, 0) is 66.6 Å². The summed E-state index contributed by atoms with van der Waals surface area (Å²) >= 11 is 0. The predicted molar refractivity (Wildman–Crippen MR) is 122 cm³/mol. The normalized spacial score (nSPS) is 23.9. The summed E-state index contributed by atoms with van der Waals surface area (Å²) < 4.78 is 21.4. The molecule has 0 spiro atoms. The van der Waals surface area contributed by atoms with E-state index >= 15 is 0 Å². The molecule has 6 rings (SSSR count). The minimum atomic E-state index is -0.954. The van der Waals surface area contributed by atoms with Crippen LogP contribution < -0.4 is 0 Å². The largest absolute Gasteiger partial charge is 0.481 e. The molecule has 0 radical (unpaired) electrons. The van der Waals surface area contributed by atoms with E-state index in [0.29, 0.717) is 24.4 Å². The van der Waals surface area contributed by atoms with Crippen LogP contribution in [0.4, 0.5) is 4.39 Å². The minimum absolute atomic E-state index is 0.210. The number of hydrogen-bond donors (Lipinski definition) is 1. The SMILES string of the molecule is COC(=O)c1ccc2c(C3CCCCC3)c3n(c2c1)C[C@@]1(C(=O)O)CC1c1cc(F)ccc1-3. The number of halogens is 1. The molecule has 2 aliphatic carbocycles. The van der Waals surface area contributed by atoms with E-state index in [1.165, 1.54) is 31.2 Å². The molecule has 6 heteroatoms. The lowest BCUT2D eigenvalue weighted by molar-refractivity contribution is -0.144. The van der Waals surface area contributed by atoms with Crippen molar-refractivity contribution < 1.29 is 23.8 Å². The van der Waals surface area contributed by atoms with Gasteiger partial charge in [-0.2, -0.15) is 0 Å². The summed E-state index contributed by atoms with van der Waals surface area (Å²) in [5, 5.41) is 11.3. The number of carboxylic acids is 1. The number of nitrogens with zero attached hydrogens (tertiary/aromatic N) is 1. The first-order valence-electron chi connectivity index (χ1n) is 11.7. The van der Waals surface area contributed by atoms with Crippen molar-refractivity contribution in [2.45, 2.75) is 56.9 Å². The summed E-state index contributed by atoms with van der Waals surface area (Å²) in [6.07, 6.45) is 6.20. The van der Waals surface area contributed by atoms with E-state index in [1.54, 1.807) is 6.07 Å². The molecule has 3 aromatic rings. The van der Waals surface area contributed by atoms with Crippen LogP contribution in [0.25, 0.3) is 22.2 Å².